The minimum atomic E-state index is -3.64. The average molecular weight is 386 g/mol. The highest BCUT2D eigenvalue weighted by Crippen LogP contribution is 2.29. The van der Waals surface area contributed by atoms with E-state index in [2.05, 4.69) is 5.32 Å². The van der Waals surface area contributed by atoms with Gasteiger partial charge in [0, 0.05) is 18.8 Å². The minimum absolute atomic E-state index is 0.109. The maximum Gasteiger partial charge on any atom is 0.243 e. The molecular formula is C20H22N2O4S. The topological polar surface area (TPSA) is 75.7 Å². The number of hydrogen-bond acceptors (Lipinski definition) is 4. The molecule has 2 unspecified atom stereocenters. The van der Waals surface area contributed by atoms with E-state index >= 15 is 0 Å². The van der Waals surface area contributed by atoms with Crippen LogP contribution in [0, 0.1) is 0 Å². The molecule has 2 aromatic rings. The largest absolute Gasteiger partial charge is 0.372 e. The number of ether oxygens (including phenoxy) is 1. The van der Waals surface area contributed by atoms with Crippen molar-refractivity contribution in [3.63, 3.8) is 0 Å². The van der Waals surface area contributed by atoms with Crippen molar-refractivity contribution >= 4 is 21.6 Å². The van der Waals surface area contributed by atoms with E-state index in [4.69, 9.17) is 4.74 Å². The van der Waals surface area contributed by atoms with E-state index in [1.807, 2.05) is 37.3 Å². The summed E-state index contributed by atoms with van der Waals surface area (Å²) in [4.78, 5) is 11.8. The van der Waals surface area contributed by atoms with Gasteiger partial charge in [-0.05, 0) is 42.7 Å². The molecule has 2 aliphatic rings. The maximum absolute atomic E-state index is 13.2. The number of amides is 1. The van der Waals surface area contributed by atoms with Crippen molar-refractivity contribution < 1.29 is 17.9 Å². The van der Waals surface area contributed by atoms with Crippen LogP contribution in [0.2, 0.25) is 0 Å². The Bertz CT molecular complexity index is 959. The molecule has 1 N–H and O–H groups in total. The predicted molar refractivity (Wildman–Crippen MR) is 102 cm³/mol. The fraction of sp³-hybridized carbons (Fsp3) is 0.350. The molecule has 0 radical (unpaired) electrons. The Morgan fingerprint density at radius 1 is 1.15 bits per heavy atom. The number of carbonyl (C=O) groups excluding carboxylic acids is 1. The number of anilines is 1. The molecule has 0 saturated carbocycles. The molecule has 0 aromatic heterocycles. The second kappa shape index (κ2) is 7.07. The van der Waals surface area contributed by atoms with Crippen LogP contribution in [-0.4, -0.2) is 43.9 Å². The van der Waals surface area contributed by atoms with Gasteiger partial charge in [-0.3, -0.25) is 4.79 Å². The highest BCUT2D eigenvalue weighted by molar-refractivity contribution is 7.89. The summed E-state index contributed by atoms with van der Waals surface area (Å²) in [5.41, 5.74) is 2.54. The second-order valence-electron chi connectivity index (χ2n) is 7.12. The third-order valence-corrected chi connectivity index (χ3v) is 6.77. The van der Waals surface area contributed by atoms with E-state index in [-0.39, 0.29) is 29.4 Å². The van der Waals surface area contributed by atoms with E-state index in [9.17, 15) is 13.2 Å². The zero-order chi connectivity index (χ0) is 19.0. The van der Waals surface area contributed by atoms with Crippen LogP contribution in [0.3, 0.4) is 0 Å². The zero-order valence-corrected chi connectivity index (χ0v) is 15.9. The van der Waals surface area contributed by atoms with Gasteiger partial charge in [0.25, 0.3) is 0 Å². The summed E-state index contributed by atoms with van der Waals surface area (Å²) < 4.78 is 33.8. The van der Waals surface area contributed by atoms with Crippen LogP contribution in [0.5, 0.6) is 0 Å². The van der Waals surface area contributed by atoms with Crippen molar-refractivity contribution in [2.75, 3.05) is 18.4 Å². The molecule has 27 heavy (non-hydrogen) atoms. The Morgan fingerprint density at radius 3 is 2.70 bits per heavy atom. The summed E-state index contributed by atoms with van der Waals surface area (Å²) in [7, 11) is -3.64. The number of benzene rings is 2. The molecular weight excluding hydrogens is 364 g/mol. The van der Waals surface area contributed by atoms with Gasteiger partial charge in [0.2, 0.25) is 15.9 Å². The maximum atomic E-state index is 13.2. The van der Waals surface area contributed by atoms with Crippen molar-refractivity contribution in [1.29, 1.82) is 0 Å². The third kappa shape index (κ3) is 3.76. The first-order chi connectivity index (χ1) is 12.9. The number of morpholine rings is 1. The number of nitrogens with one attached hydrogen (secondary N) is 1. The Balaban J connectivity index is 1.56. The van der Waals surface area contributed by atoms with E-state index < -0.39 is 10.0 Å². The molecule has 1 amide bonds. The molecule has 0 bridgehead atoms. The first-order valence-electron chi connectivity index (χ1n) is 9.04. The molecule has 0 aliphatic carbocycles. The number of fused-ring (bicyclic) bond motifs is 1. The van der Waals surface area contributed by atoms with Gasteiger partial charge in [-0.2, -0.15) is 4.31 Å². The summed E-state index contributed by atoms with van der Waals surface area (Å²) >= 11 is 0. The van der Waals surface area contributed by atoms with E-state index in [0.717, 1.165) is 11.1 Å². The summed E-state index contributed by atoms with van der Waals surface area (Å²) in [5, 5.41) is 2.73. The van der Waals surface area contributed by atoms with Gasteiger partial charge in [-0.1, -0.05) is 30.3 Å². The van der Waals surface area contributed by atoms with Crippen LogP contribution in [0.1, 0.15) is 18.1 Å². The molecule has 2 aromatic carbocycles. The van der Waals surface area contributed by atoms with Crippen molar-refractivity contribution in [3.05, 3.63) is 59.7 Å². The monoisotopic (exact) mass is 386 g/mol. The van der Waals surface area contributed by atoms with Crippen molar-refractivity contribution in [3.8, 4) is 0 Å². The molecule has 1 fully saturated rings. The molecule has 2 heterocycles. The third-order valence-electron chi connectivity index (χ3n) is 4.94. The standard InChI is InChI=1S/C20H22N2O4S/c1-14-12-22(13-17(26-14)9-15-5-3-2-4-6-15)27(24,25)18-7-8-19-16(10-18)11-20(23)21-19/h2-8,10,14,17H,9,11-13H2,1H3,(H,21,23). The fourth-order valence-corrected chi connectivity index (χ4v) is 5.30. The number of hydrogen-bond donors (Lipinski definition) is 1. The van der Waals surface area contributed by atoms with Crippen molar-refractivity contribution in [2.24, 2.45) is 0 Å². The van der Waals surface area contributed by atoms with Gasteiger partial charge in [-0.25, -0.2) is 8.42 Å². The summed E-state index contributed by atoms with van der Waals surface area (Å²) in [6, 6.07) is 14.8. The van der Waals surface area contributed by atoms with Gasteiger partial charge >= 0.3 is 0 Å². The molecule has 0 spiro atoms. The lowest BCUT2D eigenvalue weighted by Crippen LogP contribution is -2.49. The molecule has 142 valence electrons. The lowest BCUT2D eigenvalue weighted by molar-refractivity contribution is -0.115. The Hall–Kier alpha value is -2.22. The van der Waals surface area contributed by atoms with Gasteiger partial charge in [0.15, 0.2) is 0 Å². The summed E-state index contributed by atoms with van der Waals surface area (Å²) in [6.45, 7) is 2.53. The van der Waals surface area contributed by atoms with Crippen LogP contribution in [0.15, 0.2) is 53.4 Å². The predicted octanol–water partition coefficient (Wildman–Crippen LogP) is 2.20. The van der Waals surface area contributed by atoms with Gasteiger partial charge < -0.3 is 10.1 Å². The first kappa shape index (κ1) is 18.2. The normalized spacial score (nSPS) is 23.1. The van der Waals surface area contributed by atoms with Crippen LogP contribution >= 0.6 is 0 Å². The molecule has 2 aliphatic heterocycles. The lowest BCUT2D eigenvalue weighted by Gasteiger charge is -2.36. The number of sulfonamides is 1. The fourth-order valence-electron chi connectivity index (χ4n) is 3.70. The second-order valence-corrected chi connectivity index (χ2v) is 9.06. The highest BCUT2D eigenvalue weighted by atomic mass is 32.2. The summed E-state index contributed by atoms with van der Waals surface area (Å²) in [6.07, 6.45) is 0.512. The van der Waals surface area contributed by atoms with E-state index in [0.29, 0.717) is 25.2 Å². The zero-order valence-electron chi connectivity index (χ0n) is 15.1. The number of nitrogens with zero attached hydrogens (tertiary/aromatic N) is 1. The molecule has 7 heteroatoms. The van der Waals surface area contributed by atoms with Crippen LogP contribution in [-0.2, 0) is 32.4 Å². The molecule has 6 nitrogen and oxygen atoms in total. The minimum Gasteiger partial charge on any atom is -0.372 e. The molecule has 4 rings (SSSR count). The lowest BCUT2D eigenvalue weighted by atomic mass is 10.1. The molecule has 1 saturated heterocycles. The van der Waals surface area contributed by atoms with Crippen molar-refractivity contribution in [2.45, 2.75) is 36.9 Å². The average Bonchev–Trinajstić information content (AvgIpc) is 3.01. The summed E-state index contributed by atoms with van der Waals surface area (Å²) in [5.74, 6) is -0.109. The van der Waals surface area contributed by atoms with Gasteiger partial charge in [0.1, 0.15) is 0 Å². The Labute approximate surface area is 159 Å². The number of carbonyl (C=O) groups is 1. The Morgan fingerprint density at radius 2 is 1.93 bits per heavy atom. The molecule has 2 atom stereocenters. The van der Waals surface area contributed by atoms with Gasteiger partial charge in [0.05, 0.1) is 23.5 Å². The number of rotatable bonds is 4. The Kier molecular flexibility index (Phi) is 4.75. The smallest absolute Gasteiger partial charge is 0.243 e. The first-order valence-corrected chi connectivity index (χ1v) is 10.5. The van der Waals surface area contributed by atoms with Gasteiger partial charge in [-0.15, -0.1) is 0 Å². The van der Waals surface area contributed by atoms with Crippen molar-refractivity contribution in [1.82, 2.24) is 4.31 Å². The van der Waals surface area contributed by atoms with E-state index in [1.165, 1.54) is 4.31 Å². The van der Waals surface area contributed by atoms with Crippen LogP contribution < -0.4 is 5.32 Å². The van der Waals surface area contributed by atoms with Crippen LogP contribution in [0.25, 0.3) is 0 Å². The SMILES string of the molecule is CC1CN(S(=O)(=O)c2ccc3c(c2)CC(=O)N3)CC(Cc2ccccc2)O1. The quantitative estimate of drug-likeness (QED) is 0.874. The highest BCUT2D eigenvalue weighted by Gasteiger charge is 2.34. The van der Waals surface area contributed by atoms with Crippen LogP contribution in [0.4, 0.5) is 5.69 Å². The van der Waals surface area contributed by atoms with E-state index in [1.54, 1.807) is 18.2 Å².